The van der Waals surface area contributed by atoms with Crippen molar-refractivity contribution in [3.63, 3.8) is 0 Å². The number of hydrogen-bond acceptors (Lipinski definition) is 8. The molecule has 3 rings (SSSR count). The van der Waals surface area contributed by atoms with Crippen molar-refractivity contribution < 1.29 is 18.9 Å². The van der Waals surface area contributed by atoms with Crippen LogP contribution >= 0.6 is 0 Å². The van der Waals surface area contributed by atoms with Crippen molar-refractivity contribution in [1.29, 1.82) is 0 Å². The van der Waals surface area contributed by atoms with Gasteiger partial charge in [0.15, 0.2) is 11.5 Å². The van der Waals surface area contributed by atoms with Gasteiger partial charge in [-0.15, -0.1) is 6.58 Å². The fourth-order valence-electron chi connectivity index (χ4n) is 2.58. The minimum atomic E-state index is -0.472. The lowest BCUT2D eigenvalue weighted by Gasteiger charge is -2.07. The monoisotopic (exact) mass is 382 g/mol. The SMILES string of the molecule is C=CCNc1ccc(-c2nc(-c3ccc(OC)c(OC)c3)no2)cc1[N+](=O)[O-]. The molecule has 0 spiro atoms. The van der Waals surface area contributed by atoms with Gasteiger partial charge in [0.2, 0.25) is 5.82 Å². The Morgan fingerprint density at radius 2 is 1.93 bits per heavy atom. The zero-order chi connectivity index (χ0) is 20.1. The van der Waals surface area contributed by atoms with E-state index in [1.807, 2.05) is 0 Å². The maximum Gasteiger partial charge on any atom is 0.293 e. The number of ether oxygens (including phenoxy) is 2. The second-order valence-electron chi connectivity index (χ2n) is 5.65. The van der Waals surface area contributed by atoms with Crippen molar-refractivity contribution >= 4 is 11.4 Å². The van der Waals surface area contributed by atoms with Crippen molar-refractivity contribution in [1.82, 2.24) is 10.1 Å². The van der Waals surface area contributed by atoms with Gasteiger partial charge in [-0.2, -0.15) is 4.98 Å². The van der Waals surface area contributed by atoms with E-state index >= 15 is 0 Å². The molecule has 0 unspecified atom stereocenters. The van der Waals surface area contributed by atoms with Crippen LogP contribution in [-0.4, -0.2) is 35.8 Å². The Labute approximate surface area is 160 Å². The van der Waals surface area contributed by atoms with E-state index in [4.69, 9.17) is 14.0 Å². The third-order valence-corrected chi connectivity index (χ3v) is 3.95. The van der Waals surface area contributed by atoms with Gasteiger partial charge in [-0.1, -0.05) is 11.2 Å². The lowest BCUT2D eigenvalue weighted by molar-refractivity contribution is -0.383. The summed E-state index contributed by atoms with van der Waals surface area (Å²) in [7, 11) is 3.08. The molecule has 0 aliphatic heterocycles. The van der Waals surface area contributed by atoms with Crippen LogP contribution in [0.5, 0.6) is 11.5 Å². The van der Waals surface area contributed by atoms with Crippen LogP contribution in [0.3, 0.4) is 0 Å². The first kappa shape index (κ1) is 18.9. The zero-order valence-corrected chi connectivity index (χ0v) is 15.3. The van der Waals surface area contributed by atoms with E-state index in [0.29, 0.717) is 40.7 Å². The van der Waals surface area contributed by atoms with Crippen molar-refractivity contribution in [3.8, 4) is 34.3 Å². The van der Waals surface area contributed by atoms with Gasteiger partial charge >= 0.3 is 0 Å². The van der Waals surface area contributed by atoms with Crippen LogP contribution in [0.1, 0.15) is 0 Å². The summed E-state index contributed by atoms with van der Waals surface area (Å²) in [6.45, 7) is 3.99. The number of anilines is 1. The van der Waals surface area contributed by atoms with Gasteiger partial charge in [0, 0.05) is 23.7 Å². The van der Waals surface area contributed by atoms with E-state index in [1.54, 1.807) is 43.5 Å². The molecule has 2 aromatic carbocycles. The predicted octanol–water partition coefficient (Wildman–Crippen LogP) is 3.93. The summed E-state index contributed by atoms with van der Waals surface area (Å²) in [5.74, 6) is 1.60. The largest absolute Gasteiger partial charge is 0.493 e. The molecular weight excluding hydrogens is 364 g/mol. The molecule has 0 amide bonds. The summed E-state index contributed by atoms with van der Waals surface area (Å²) in [6, 6.07) is 9.87. The molecule has 0 fully saturated rings. The number of nitrogens with one attached hydrogen (secondary N) is 1. The van der Waals surface area contributed by atoms with Crippen molar-refractivity contribution in [3.05, 3.63) is 59.2 Å². The molecule has 3 aromatic rings. The summed E-state index contributed by atoms with van der Waals surface area (Å²) in [4.78, 5) is 15.2. The highest BCUT2D eigenvalue weighted by Gasteiger charge is 2.19. The number of benzene rings is 2. The number of methoxy groups -OCH3 is 2. The van der Waals surface area contributed by atoms with E-state index in [-0.39, 0.29) is 11.6 Å². The average Bonchev–Trinajstić information content (AvgIpc) is 3.21. The Balaban J connectivity index is 1.94. The molecule has 1 aromatic heterocycles. The van der Waals surface area contributed by atoms with E-state index < -0.39 is 4.92 Å². The number of hydrogen-bond donors (Lipinski definition) is 1. The third kappa shape index (κ3) is 3.78. The second-order valence-corrected chi connectivity index (χ2v) is 5.65. The number of nitro benzene ring substituents is 1. The van der Waals surface area contributed by atoms with Crippen LogP contribution in [0.2, 0.25) is 0 Å². The molecule has 9 nitrogen and oxygen atoms in total. The molecule has 0 saturated heterocycles. The van der Waals surface area contributed by atoms with Gasteiger partial charge in [0.25, 0.3) is 11.6 Å². The molecule has 1 N–H and O–H groups in total. The van der Waals surface area contributed by atoms with Crippen LogP contribution in [-0.2, 0) is 0 Å². The maximum atomic E-state index is 11.4. The van der Waals surface area contributed by atoms with Crippen LogP contribution in [0.25, 0.3) is 22.8 Å². The zero-order valence-electron chi connectivity index (χ0n) is 15.3. The number of nitrogens with zero attached hydrogens (tertiary/aromatic N) is 3. The number of aromatic nitrogens is 2. The standard InChI is InChI=1S/C19H18N4O5/c1-4-9-20-14-7-5-13(10-15(14)23(24)25)19-21-18(22-28-19)12-6-8-16(26-2)17(11-12)27-3/h4-8,10-11,20H,1,9H2,2-3H3. The highest BCUT2D eigenvalue weighted by Crippen LogP contribution is 2.33. The summed E-state index contributed by atoms with van der Waals surface area (Å²) in [5.41, 5.74) is 1.39. The molecule has 144 valence electrons. The molecule has 0 atom stereocenters. The summed E-state index contributed by atoms with van der Waals surface area (Å²) >= 11 is 0. The minimum Gasteiger partial charge on any atom is -0.493 e. The topological polar surface area (TPSA) is 113 Å². The van der Waals surface area contributed by atoms with E-state index in [2.05, 4.69) is 22.0 Å². The molecule has 1 heterocycles. The Morgan fingerprint density at radius 3 is 2.61 bits per heavy atom. The van der Waals surface area contributed by atoms with Crippen LogP contribution in [0.15, 0.2) is 53.6 Å². The highest BCUT2D eigenvalue weighted by molar-refractivity contribution is 5.71. The van der Waals surface area contributed by atoms with Gasteiger partial charge < -0.3 is 19.3 Å². The summed E-state index contributed by atoms with van der Waals surface area (Å²) in [6.07, 6.45) is 1.62. The first-order valence-corrected chi connectivity index (χ1v) is 8.27. The summed E-state index contributed by atoms with van der Waals surface area (Å²) in [5, 5.41) is 18.3. The highest BCUT2D eigenvalue weighted by atomic mass is 16.6. The molecule has 0 aliphatic carbocycles. The first-order valence-electron chi connectivity index (χ1n) is 8.27. The van der Waals surface area contributed by atoms with Gasteiger partial charge in [-0.25, -0.2) is 0 Å². The molecule has 0 bridgehead atoms. The smallest absolute Gasteiger partial charge is 0.293 e. The maximum absolute atomic E-state index is 11.4. The molecular formula is C19H18N4O5. The molecule has 9 heteroatoms. The minimum absolute atomic E-state index is 0.0924. The lowest BCUT2D eigenvalue weighted by Crippen LogP contribution is -2.02. The fraction of sp³-hybridized carbons (Fsp3) is 0.158. The van der Waals surface area contributed by atoms with Gasteiger partial charge in [0.1, 0.15) is 5.69 Å². The number of rotatable bonds is 8. The average molecular weight is 382 g/mol. The van der Waals surface area contributed by atoms with Gasteiger partial charge in [-0.3, -0.25) is 10.1 Å². The van der Waals surface area contributed by atoms with E-state index in [9.17, 15) is 10.1 Å². The molecule has 0 aliphatic rings. The normalized spacial score (nSPS) is 10.4. The van der Waals surface area contributed by atoms with Crippen LogP contribution in [0.4, 0.5) is 11.4 Å². The number of nitro groups is 1. The lowest BCUT2D eigenvalue weighted by atomic mass is 10.1. The molecule has 0 radical (unpaired) electrons. The second kappa shape index (κ2) is 8.21. The predicted molar refractivity (Wildman–Crippen MR) is 104 cm³/mol. The van der Waals surface area contributed by atoms with Crippen molar-refractivity contribution in [2.45, 2.75) is 0 Å². The van der Waals surface area contributed by atoms with Gasteiger partial charge in [0.05, 0.1) is 19.1 Å². The molecule has 0 saturated carbocycles. The molecule has 28 heavy (non-hydrogen) atoms. The Hall–Kier alpha value is -3.88. The summed E-state index contributed by atoms with van der Waals surface area (Å²) < 4.78 is 15.8. The fourth-order valence-corrected chi connectivity index (χ4v) is 2.58. The first-order chi connectivity index (χ1) is 13.6. The van der Waals surface area contributed by atoms with Gasteiger partial charge in [-0.05, 0) is 30.3 Å². The van der Waals surface area contributed by atoms with Crippen LogP contribution in [0, 0.1) is 10.1 Å². The Bertz CT molecular complexity index is 1020. The van der Waals surface area contributed by atoms with Crippen molar-refractivity contribution in [2.24, 2.45) is 0 Å². The Morgan fingerprint density at radius 1 is 1.18 bits per heavy atom. The quantitative estimate of drug-likeness (QED) is 0.354. The van der Waals surface area contributed by atoms with E-state index in [1.165, 1.54) is 13.2 Å². The van der Waals surface area contributed by atoms with Crippen LogP contribution < -0.4 is 14.8 Å². The van der Waals surface area contributed by atoms with E-state index in [0.717, 1.165) is 0 Å². The van der Waals surface area contributed by atoms with Crippen molar-refractivity contribution in [2.75, 3.05) is 26.1 Å². The third-order valence-electron chi connectivity index (χ3n) is 3.95. The Kier molecular flexibility index (Phi) is 5.54.